The van der Waals surface area contributed by atoms with Crippen LogP contribution in [0, 0.1) is 0 Å². The standard InChI is InChI=1S/C12H11Cl2N3OS3/c1-19-12-17-16-11(21-12)15-10(18)6-20-5-7-2-3-8(13)9(14)4-7/h2-4H,5-6H2,1H3,(H,15,16,18). The molecule has 0 atom stereocenters. The lowest BCUT2D eigenvalue weighted by atomic mass is 10.2. The van der Waals surface area contributed by atoms with Crippen molar-refractivity contribution >= 4 is 69.1 Å². The van der Waals surface area contributed by atoms with Gasteiger partial charge in [-0.05, 0) is 24.0 Å². The van der Waals surface area contributed by atoms with Crippen LogP contribution in [0.15, 0.2) is 22.5 Å². The molecule has 2 rings (SSSR count). The Balaban J connectivity index is 1.77. The van der Waals surface area contributed by atoms with Crippen LogP contribution in [0.2, 0.25) is 10.0 Å². The number of hydrogen-bond acceptors (Lipinski definition) is 6. The van der Waals surface area contributed by atoms with E-state index in [1.54, 1.807) is 6.07 Å². The van der Waals surface area contributed by atoms with E-state index in [1.807, 2.05) is 18.4 Å². The zero-order chi connectivity index (χ0) is 15.2. The van der Waals surface area contributed by atoms with Crippen molar-refractivity contribution in [2.75, 3.05) is 17.3 Å². The molecule has 0 aliphatic carbocycles. The minimum Gasteiger partial charge on any atom is -0.300 e. The molecule has 0 unspecified atom stereocenters. The van der Waals surface area contributed by atoms with Crippen LogP contribution >= 0.6 is 58.1 Å². The number of halogens is 2. The summed E-state index contributed by atoms with van der Waals surface area (Å²) in [6.07, 6.45) is 1.92. The molecule has 4 nitrogen and oxygen atoms in total. The number of thioether (sulfide) groups is 2. The van der Waals surface area contributed by atoms with E-state index in [-0.39, 0.29) is 5.91 Å². The normalized spacial score (nSPS) is 10.6. The first-order chi connectivity index (χ1) is 10.1. The predicted octanol–water partition coefficient (Wildman–Crippen LogP) is 4.44. The van der Waals surface area contributed by atoms with Gasteiger partial charge in [0.1, 0.15) is 0 Å². The number of carbonyl (C=O) groups excluding carboxylic acids is 1. The fraction of sp³-hybridized carbons (Fsp3) is 0.250. The average molecular weight is 380 g/mol. The van der Waals surface area contributed by atoms with Crippen LogP contribution in [0.1, 0.15) is 5.56 Å². The smallest absolute Gasteiger partial charge is 0.236 e. The van der Waals surface area contributed by atoms with Crippen LogP contribution in [-0.4, -0.2) is 28.1 Å². The molecule has 1 amide bonds. The van der Waals surface area contributed by atoms with Gasteiger partial charge in [-0.15, -0.1) is 22.0 Å². The van der Waals surface area contributed by atoms with Crippen LogP contribution in [0.25, 0.3) is 0 Å². The summed E-state index contributed by atoms with van der Waals surface area (Å²) in [5.74, 6) is 0.939. The van der Waals surface area contributed by atoms with Gasteiger partial charge in [0.2, 0.25) is 11.0 Å². The molecule has 21 heavy (non-hydrogen) atoms. The van der Waals surface area contributed by atoms with Gasteiger partial charge < -0.3 is 0 Å². The zero-order valence-corrected chi connectivity index (χ0v) is 14.9. The van der Waals surface area contributed by atoms with Crippen LogP contribution in [0.5, 0.6) is 0 Å². The maximum Gasteiger partial charge on any atom is 0.236 e. The summed E-state index contributed by atoms with van der Waals surface area (Å²) in [6.45, 7) is 0. The molecule has 0 saturated carbocycles. The molecule has 0 aliphatic rings. The summed E-state index contributed by atoms with van der Waals surface area (Å²) in [5, 5.41) is 12.1. The molecule has 0 spiro atoms. The van der Waals surface area contributed by atoms with Gasteiger partial charge >= 0.3 is 0 Å². The molecule has 0 radical (unpaired) electrons. The molecular formula is C12H11Cl2N3OS3. The first kappa shape index (κ1) is 16.9. The highest BCUT2D eigenvalue weighted by atomic mass is 35.5. The quantitative estimate of drug-likeness (QED) is 0.593. The summed E-state index contributed by atoms with van der Waals surface area (Å²) in [5.41, 5.74) is 1.03. The molecule has 1 aromatic carbocycles. The number of nitrogens with zero attached hydrogens (tertiary/aromatic N) is 2. The Labute approximate surface area is 145 Å². The van der Waals surface area contributed by atoms with E-state index in [0.717, 1.165) is 9.90 Å². The van der Waals surface area contributed by atoms with Crippen molar-refractivity contribution in [2.45, 2.75) is 10.1 Å². The van der Waals surface area contributed by atoms with Gasteiger partial charge in [0.25, 0.3) is 0 Å². The van der Waals surface area contributed by atoms with Gasteiger partial charge in [-0.2, -0.15) is 0 Å². The van der Waals surface area contributed by atoms with Gasteiger partial charge in [0.05, 0.1) is 15.8 Å². The van der Waals surface area contributed by atoms with Crippen LogP contribution in [0.4, 0.5) is 5.13 Å². The lowest BCUT2D eigenvalue weighted by Crippen LogP contribution is -2.13. The second-order valence-electron chi connectivity index (χ2n) is 3.87. The second-order valence-corrected chi connectivity index (χ2v) is 7.70. The predicted molar refractivity (Wildman–Crippen MR) is 92.9 cm³/mol. The number of amides is 1. The molecule has 1 N–H and O–H groups in total. The summed E-state index contributed by atoms with van der Waals surface area (Å²) < 4.78 is 0.828. The van der Waals surface area contributed by atoms with Crippen molar-refractivity contribution in [3.63, 3.8) is 0 Å². The average Bonchev–Trinajstić information content (AvgIpc) is 2.90. The van der Waals surface area contributed by atoms with E-state index in [9.17, 15) is 4.79 Å². The number of nitrogens with one attached hydrogen (secondary N) is 1. The maximum atomic E-state index is 11.8. The summed E-state index contributed by atoms with van der Waals surface area (Å²) in [4.78, 5) is 11.8. The molecule has 0 aliphatic heterocycles. The Morgan fingerprint density at radius 3 is 2.81 bits per heavy atom. The SMILES string of the molecule is CSc1nnc(NC(=O)CSCc2ccc(Cl)c(Cl)c2)s1. The third-order valence-corrected chi connectivity index (χ3v) is 5.87. The maximum absolute atomic E-state index is 11.8. The highest BCUT2D eigenvalue weighted by molar-refractivity contribution is 8.00. The molecule has 0 saturated heterocycles. The largest absolute Gasteiger partial charge is 0.300 e. The lowest BCUT2D eigenvalue weighted by Gasteiger charge is -2.03. The third-order valence-electron chi connectivity index (χ3n) is 2.31. The topological polar surface area (TPSA) is 54.9 Å². The van der Waals surface area contributed by atoms with Crippen molar-refractivity contribution in [3.8, 4) is 0 Å². The van der Waals surface area contributed by atoms with Gasteiger partial charge in [0, 0.05) is 5.75 Å². The van der Waals surface area contributed by atoms with Crippen molar-refractivity contribution in [2.24, 2.45) is 0 Å². The molecular weight excluding hydrogens is 369 g/mol. The monoisotopic (exact) mass is 379 g/mol. The lowest BCUT2D eigenvalue weighted by molar-refractivity contribution is -0.113. The zero-order valence-electron chi connectivity index (χ0n) is 10.9. The fourth-order valence-corrected chi connectivity index (χ4v) is 3.67. The van der Waals surface area contributed by atoms with Crippen molar-refractivity contribution in [1.29, 1.82) is 0 Å². The highest BCUT2D eigenvalue weighted by Gasteiger charge is 2.08. The van der Waals surface area contributed by atoms with E-state index in [0.29, 0.717) is 26.7 Å². The van der Waals surface area contributed by atoms with E-state index in [4.69, 9.17) is 23.2 Å². The number of carbonyl (C=O) groups is 1. The van der Waals surface area contributed by atoms with Gasteiger partial charge in [0.15, 0.2) is 4.34 Å². The molecule has 1 aromatic heterocycles. The van der Waals surface area contributed by atoms with Crippen LogP contribution < -0.4 is 5.32 Å². The molecule has 9 heteroatoms. The van der Waals surface area contributed by atoms with Crippen molar-refractivity contribution < 1.29 is 4.79 Å². The summed E-state index contributed by atoms with van der Waals surface area (Å²) in [6, 6.07) is 5.46. The van der Waals surface area contributed by atoms with Gasteiger partial charge in [-0.3, -0.25) is 10.1 Å². The fourth-order valence-electron chi connectivity index (χ4n) is 1.39. The summed E-state index contributed by atoms with van der Waals surface area (Å²) in [7, 11) is 0. The molecule has 1 heterocycles. The number of anilines is 1. The van der Waals surface area contributed by atoms with E-state index >= 15 is 0 Å². The first-order valence-corrected chi connectivity index (χ1v) is 9.72. The van der Waals surface area contributed by atoms with Crippen LogP contribution in [-0.2, 0) is 10.5 Å². The Bertz CT molecular complexity index is 636. The van der Waals surface area contributed by atoms with Gasteiger partial charge in [-0.1, -0.05) is 52.4 Å². The Kier molecular flexibility index (Phi) is 6.63. The minimum atomic E-state index is -0.0936. The Morgan fingerprint density at radius 1 is 1.33 bits per heavy atom. The molecule has 0 fully saturated rings. The Morgan fingerprint density at radius 2 is 2.14 bits per heavy atom. The van der Waals surface area contributed by atoms with E-state index < -0.39 is 0 Å². The number of rotatable bonds is 6. The molecule has 112 valence electrons. The Hall–Kier alpha value is -0.470. The van der Waals surface area contributed by atoms with Crippen molar-refractivity contribution in [3.05, 3.63) is 33.8 Å². The number of hydrogen-bond donors (Lipinski definition) is 1. The summed E-state index contributed by atoms with van der Waals surface area (Å²) >= 11 is 16.2. The van der Waals surface area contributed by atoms with E-state index in [2.05, 4.69) is 15.5 Å². The third kappa shape index (κ3) is 5.34. The molecule has 0 bridgehead atoms. The minimum absolute atomic E-state index is 0.0936. The van der Waals surface area contributed by atoms with Crippen molar-refractivity contribution in [1.82, 2.24) is 10.2 Å². The van der Waals surface area contributed by atoms with Crippen LogP contribution in [0.3, 0.4) is 0 Å². The second kappa shape index (κ2) is 8.24. The van der Waals surface area contributed by atoms with Gasteiger partial charge in [-0.25, -0.2) is 0 Å². The molecule has 2 aromatic rings. The van der Waals surface area contributed by atoms with E-state index in [1.165, 1.54) is 34.9 Å². The number of aromatic nitrogens is 2. The number of benzene rings is 1. The first-order valence-electron chi connectivity index (χ1n) is 5.77. The highest BCUT2D eigenvalue weighted by Crippen LogP contribution is 2.25.